The molecule has 6 nitrogen and oxygen atoms in total. The molecule has 1 aromatic heterocycles. The van der Waals surface area contributed by atoms with Crippen LogP contribution in [0.2, 0.25) is 0 Å². The van der Waals surface area contributed by atoms with Crippen LogP contribution >= 0.6 is 0 Å². The van der Waals surface area contributed by atoms with Gasteiger partial charge in [-0.05, 0) is 37.1 Å². The predicted octanol–water partition coefficient (Wildman–Crippen LogP) is 1.63. The SMILES string of the molecule is N#Cc1ccc(C(=O)N2CCC(n3nccn3)CC2)cc1. The summed E-state index contributed by atoms with van der Waals surface area (Å²) in [5.41, 5.74) is 1.19. The minimum absolute atomic E-state index is 0.0198. The van der Waals surface area contributed by atoms with Gasteiger partial charge < -0.3 is 4.90 Å². The molecule has 1 fully saturated rings. The van der Waals surface area contributed by atoms with Gasteiger partial charge in [-0.15, -0.1) is 0 Å². The van der Waals surface area contributed by atoms with Crippen molar-refractivity contribution in [1.82, 2.24) is 19.9 Å². The van der Waals surface area contributed by atoms with Crippen LogP contribution in [-0.4, -0.2) is 38.9 Å². The third kappa shape index (κ3) is 2.77. The summed E-state index contributed by atoms with van der Waals surface area (Å²) in [4.78, 5) is 16.0. The van der Waals surface area contributed by atoms with E-state index in [9.17, 15) is 4.79 Å². The molecule has 1 amide bonds. The van der Waals surface area contributed by atoms with Gasteiger partial charge in [0.25, 0.3) is 5.91 Å². The van der Waals surface area contributed by atoms with Crippen molar-refractivity contribution in [2.45, 2.75) is 18.9 Å². The lowest BCUT2D eigenvalue weighted by Gasteiger charge is -2.31. The maximum absolute atomic E-state index is 12.4. The van der Waals surface area contributed by atoms with Crippen molar-refractivity contribution in [3.63, 3.8) is 0 Å². The van der Waals surface area contributed by atoms with Gasteiger partial charge in [-0.3, -0.25) is 4.79 Å². The van der Waals surface area contributed by atoms with Crippen LogP contribution < -0.4 is 0 Å². The number of carbonyl (C=O) groups excluding carboxylic acids is 1. The molecule has 1 saturated heterocycles. The number of hydrogen-bond donors (Lipinski definition) is 0. The number of nitriles is 1. The average molecular weight is 281 g/mol. The van der Waals surface area contributed by atoms with Crippen LogP contribution in [0.15, 0.2) is 36.7 Å². The molecule has 2 aromatic rings. The third-order valence-corrected chi connectivity index (χ3v) is 3.78. The number of carbonyl (C=O) groups is 1. The molecule has 0 spiro atoms. The number of benzene rings is 1. The molecule has 0 unspecified atom stereocenters. The van der Waals surface area contributed by atoms with E-state index in [-0.39, 0.29) is 11.9 Å². The summed E-state index contributed by atoms with van der Waals surface area (Å²) in [5.74, 6) is 0.0198. The Balaban J connectivity index is 1.63. The first kappa shape index (κ1) is 13.3. The first-order valence-corrected chi connectivity index (χ1v) is 6.93. The maximum atomic E-state index is 12.4. The standard InChI is InChI=1S/C15H15N5O/c16-11-12-1-3-13(4-2-12)15(21)19-9-5-14(6-10-19)20-17-7-8-18-20/h1-4,7-8,14H,5-6,9-10H2. The van der Waals surface area contributed by atoms with Crippen molar-refractivity contribution < 1.29 is 4.79 Å². The molecule has 6 heteroatoms. The van der Waals surface area contributed by atoms with Gasteiger partial charge in [0.2, 0.25) is 0 Å². The Morgan fingerprint density at radius 2 is 1.76 bits per heavy atom. The quantitative estimate of drug-likeness (QED) is 0.838. The Hall–Kier alpha value is -2.68. The van der Waals surface area contributed by atoms with Gasteiger partial charge >= 0.3 is 0 Å². The zero-order valence-corrected chi connectivity index (χ0v) is 11.5. The summed E-state index contributed by atoms with van der Waals surface area (Å²) in [6.45, 7) is 1.40. The van der Waals surface area contributed by atoms with Crippen molar-refractivity contribution in [3.8, 4) is 6.07 Å². The monoisotopic (exact) mass is 281 g/mol. The molecule has 1 aliphatic rings. The van der Waals surface area contributed by atoms with Crippen LogP contribution in [0.4, 0.5) is 0 Å². The highest BCUT2D eigenvalue weighted by atomic mass is 16.2. The maximum Gasteiger partial charge on any atom is 0.253 e. The fraction of sp³-hybridized carbons (Fsp3) is 0.333. The number of amides is 1. The zero-order valence-electron chi connectivity index (χ0n) is 11.5. The van der Waals surface area contributed by atoms with E-state index in [1.165, 1.54) is 0 Å². The van der Waals surface area contributed by atoms with Crippen molar-refractivity contribution >= 4 is 5.91 Å². The van der Waals surface area contributed by atoms with Gasteiger partial charge in [-0.25, -0.2) is 0 Å². The lowest BCUT2D eigenvalue weighted by molar-refractivity contribution is 0.0684. The van der Waals surface area contributed by atoms with E-state index in [2.05, 4.69) is 16.3 Å². The molecule has 1 aromatic carbocycles. The van der Waals surface area contributed by atoms with E-state index in [0.29, 0.717) is 24.2 Å². The highest BCUT2D eigenvalue weighted by molar-refractivity contribution is 5.94. The summed E-state index contributed by atoms with van der Waals surface area (Å²) < 4.78 is 0. The highest BCUT2D eigenvalue weighted by Gasteiger charge is 2.25. The summed E-state index contributed by atoms with van der Waals surface area (Å²) in [6, 6.07) is 9.09. The Morgan fingerprint density at radius 3 is 2.33 bits per heavy atom. The molecular weight excluding hydrogens is 266 g/mol. The summed E-state index contributed by atoms with van der Waals surface area (Å²) in [5, 5.41) is 17.1. The molecule has 2 heterocycles. The Bertz CT molecular complexity index is 648. The highest BCUT2D eigenvalue weighted by Crippen LogP contribution is 2.22. The third-order valence-electron chi connectivity index (χ3n) is 3.78. The normalized spacial score (nSPS) is 15.7. The Kier molecular flexibility index (Phi) is 3.65. The van der Waals surface area contributed by atoms with Crippen molar-refractivity contribution in [3.05, 3.63) is 47.8 Å². The number of rotatable bonds is 2. The summed E-state index contributed by atoms with van der Waals surface area (Å²) in [7, 11) is 0. The number of piperidine rings is 1. The van der Waals surface area contributed by atoms with Crippen molar-refractivity contribution in [1.29, 1.82) is 5.26 Å². The molecule has 0 bridgehead atoms. The summed E-state index contributed by atoms with van der Waals surface area (Å²) in [6.07, 6.45) is 5.07. The molecule has 0 aliphatic carbocycles. The van der Waals surface area contributed by atoms with Crippen molar-refractivity contribution in [2.75, 3.05) is 13.1 Å². The first-order valence-electron chi connectivity index (χ1n) is 6.93. The first-order chi connectivity index (χ1) is 10.3. The van der Waals surface area contributed by atoms with E-state index in [4.69, 9.17) is 5.26 Å². The van der Waals surface area contributed by atoms with Crippen molar-refractivity contribution in [2.24, 2.45) is 0 Å². The Labute approximate surface area is 122 Å². The molecule has 106 valence electrons. The van der Waals surface area contributed by atoms with Crippen LogP contribution in [-0.2, 0) is 0 Å². The second-order valence-corrected chi connectivity index (χ2v) is 5.06. The molecule has 0 atom stereocenters. The molecule has 3 rings (SSSR count). The molecular formula is C15H15N5O. The van der Waals surface area contributed by atoms with E-state index in [1.807, 2.05) is 4.90 Å². The number of aromatic nitrogens is 3. The van der Waals surface area contributed by atoms with Crippen LogP contribution in [0.1, 0.15) is 34.8 Å². The van der Waals surface area contributed by atoms with E-state index in [0.717, 1.165) is 12.8 Å². The van der Waals surface area contributed by atoms with Crippen LogP contribution in [0.5, 0.6) is 0 Å². The fourth-order valence-corrected chi connectivity index (χ4v) is 2.58. The van der Waals surface area contributed by atoms with Crippen LogP contribution in [0.3, 0.4) is 0 Å². The van der Waals surface area contributed by atoms with Gasteiger partial charge in [-0.2, -0.15) is 20.3 Å². The van der Waals surface area contributed by atoms with E-state index in [1.54, 1.807) is 41.5 Å². The topological polar surface area (TPSA) is 74.8 Å². The predicted molar refractivity (Wildman–Crippen MR) is 75.4 cm³/mol. The Morgan fingerprint density at radius 1 is 1.14 bits per heavy atom. The fourth-order valence-electron chi connectivity index (χ4n) is 2.58. The number of nitrogens with zero attached hydrogens (tertiary/aromatic N) is 5. The van der Waals surface area contributed by atoms with Gasteiger partial charge in [-0.1, -0.05) is 0 Å². The largest absolute Gasteiger partial charge is 0.338 e. The van der Waals surface area contributed by atoms with E-state index >= 15 is 0 Å². The van der Waals surface area contributed by atoms with Gasteiger partial charge in [0.15, 0.2) is 0 Å². The molecule has 0 N–H and O–H groups in total. The second-order valence-electron chi connectivity index (χ2n) is 5.06. The smallest absolute Gasteiger partial charge is 0.253 e. The number of likely N-dealkylation sites (tertiary alicyclic amines) is 1. The molecule has 21 heavy (non-hydrogen) atoms. The second kappa shape index (κ2) is 5.75. The van der Waals surface area contributed by atoms with Crippen LogP contribution in [0, 0.1) is 11.3 Å². The lowest BCUT2D eigenvalue weighted by Crippen LogP contribution is -2.39. The zero-order chi connectivity index (χ0) is 14.7. The average Bonchev–Trinajstić information content (AvgIpc) is 3.09. The van der Waals surface area contributed by atoms with E-state index < -0.39 is 0 Å². The van der Waals surface area contributed by atoms with Gasteiger partial charge in [0, 0.05) is 18.7 Å². The molecule has 0 saturated carbocycles. The molecule has 1 aliphatic heterocycles. The number of hydrogen-bond acceptors (Lipinski definition) is 4. The minimum atomic E-state index is 0.0198. The lowest BCUT2D eigenvalue weighted by atomic mass is 10.0. The van der Waals surface area contributed by atoms with Gasteiger partial charge in [0.05, 0.1) is 30.1 Å². The van der Waals surface area contributed by atoms with Crippen LogP contribution in [0.25, 0.3) is 0 Å². The minimum Gasteiger partial charge on any atom is -0.338 e. The van der Waals surface area contributed by atoms with Gasteiger partial charge in [0.1, 0.15) is 0 Å². The molecule has 0 radical (unpaired) electrons. The summed E-state index contributed by atoms with van der Waals surface area (Å²) >= 11 is 0.